The van der Waals surface area contributed by atoms with Crippen LogP contribution in [0.25, 0.3) is 71.2 Å². The second-order valence-electron chi connectivity index (χ2n) is 7.87. The van der Waals surface area contributed by atoms with Gasteiger partial charge in [0, 0.05) is 51.7 Å². The number of para-hydroxylation sites is 2. The molecule has 0 unspecified atom stereocenters. The van der Waals surface area contributed by atoms with E-state index < -0.39 is 0 Å². The molecule has 8 aromatic rings. The lowest BCUT2D eigenvalue weighted by Gasteiger charge is -2.10. The number of hydrogen-bond donors (Lipinski definition) is 0. The summed E-state index contributed by atoms with van der Waals surface area (Å²) in [6.07, 6.45) is 7.53. The van der Waals surface area contributed by atoms with Crippen molar-refractivity contribution < 1.29 is 8.83 Å². The Morgan fingerprint density at radius 2 is 1.39 bits per heavy atom. The average Bonchev–Trinajstić information content (AvgIpc) is 3.53. The molecular weight excluding hydrogens is 386 g/mol. The fourth-order valence-electron chi connectivity index (χ4n) is 5.11. The Balaban J connectivity index is 1.88. The summed E-state index contributed by atoms with van der Waals surface area (Å²) in [6.45, 7) is 0. The maximum Gasteiger partial charge on any atom is 0.163 e. The summed E-state index contributed by atoms with van der Waals surface area (Å²) in [5.41, 5.74) is 5.23. The highest BCUT2D eigenvalue weighted by Gasteiger charge is 2.24. The van der Waals surface area contributed by atoms with Gasteiger partial charge in [0.15, 0.2) is 5.58 Å². The molecule has 0 atom stereocenters. The van der Waals surface area contributed by atoms with Crippen molar-refractivity contribution in [3.05, 3.63) is 79.4 Å². The summed E-state index contributed by atoms with van der Waals surface area (Å²) >= 11 is 0. The molecular formula is C26H13N3O2. The Hall–Kier alpha value is -4.38. The van der Waals surface area contributed by atoms with Crippen molar-refractivity contribution in [2.45, 2.75) is 0 Å². The van der Waals surface area contributed by atoms with Crippen LogP contribution in [0.15, 0.2) is 88.2 Å². The molecule has 3 aromatic carbocycles. The molecule has 0 aliphatic rings. The van der Waals surface area contributed by atoms with Crippen LogP contribution in [0, 0.1) is 0 Å². The van der Waals surface area contributed by atoms with Crippen LogP contribution in [0.2, 0.25) is 0 Å². The molecule has 144 valence electrons. The third kappa shape index (κ3) is 1.74. The SMILES string of the molecule is c1ccc2c(c1)oc1c2c2oc3ccccc3c2c2c3ccncc3c3nccn3c12. The highest BCUT2D eigenvalue weighted by Crippen LogP contribution is 2.46. The zero-order chi connectivity index (χ0) is 20.1. The Labute approximate surface area is 174 Å². The number of benzene rings is 3. The van der Waals surface area contributed by atoms with E-state index in [0.29, 0.717) is 0 Å². The predicted molar refractivity (Wildman–Crippen MR) is 123 cm³/mol. The van der Waals surface area contributed by atoms with Gasteiger partial charge >= 0.3 is 0 Å². The Morgan fingerprint density at radius 1 is 0.645 bits per heavy atom. The van der Waals surface area contributed by atoms with E-state index in [1.54, 1.807) is 0 Å². The summed E-state index contributed by atoms with van der Waals surface area (Å²) in [5, 5.41) is 7.41. The minimum absolute atomic E-state index is 0.810. The number of hydrogen-bond acceptors (Lipinski definition) is 4. The van der Waals surface area contributed by atoms with Gasteiger partial charge in [-0.05, 0) is 23.6 Å². The summed E-state index contributed by atoms with van der Waals surface area (Å²) in [5.74, 6) is 0. The van der Waals surface area contributed by atoms with E-state index in [1.807, 2.05) is 55.1 Å². The van der Waals surface area contributed by atoms with Crippen LogP contribution in [0.5, 0.6) is 0 Å². The van der Waals surface area contributed by atoms with Gasteiger partial charge in [-0.2, -0.15) is 0 Å². The molecule has 0 N–H and O–H groups in total. The van der Waals surface area contributed by atoms with Crippen molar-refractivity contribution in [3.8, 4) is 0 Å². The number of pyridine rings is 2. The van der Waals surface area contributed by atoms with Crippen LogP contribution in [-0.4, -0.2) is 14.4 Å². The second-order valence-corrected chi connectivity index (χ2v) is 7.87. The number of imidazole rings is 1. The van der Waals surface area contributed by atoms with Gasteiger partial charge in [0.25, 0.3) is 0 Å². The fourth-order valence-corrected chi connectivity index (χ4v) is 5.11. The number of fused-ring (bicyclic) bond motifs is 15. The minimum atomic E-state index is 0.810. The number of furan rings is 2. The van der Waals surface area contributed by atoms with Gasteiger partial charge in [0.05, 0.1) is 10.9 Å². The van der Waals surface area contributed by atoms with Gasteiger partial charge in [-0.3, -0.25) is 9.38 Å². The molecule has 0 saturated carbocycles. The molecule has 0 fully saturated rings. The van der Waals surface area contributed by atoms with E-state index in [1.165, 1.54) is 0 Å². The Morgan fingerprint density at radius 3 is 2.23 bits per heavy atom. The summed E-state index contributed by atoms with van der Waals surface area (Å²) in [6, 6.07) is 18.4. The van der Waals surface area contributed by atoms with Crippen LogP contribution in [-0.2, 0) is 0 Å². The number of rotatable bonds is 0. The van der Waals surface area contributed by atoms with Crippen LogP contribution in [0.3, 0.4) is 0 Å². The fraction of sp³-hybridized carbons (Fsp3) is 0. The molecule has 0 aliphatic heterocycles. The Kier molecular flexibility index (Phi) is 2.60. The minimum Gasteiger partial charge on any atom is -0.455 e. The maximum atomic E-state index is 6.48. The van der Waals surface area contributed by atoms with Gasteiger partial charge in [-0.15, -0.1) is 0 Å². The molecule has 0 spiro atoms. The van der Waals surface area contributed by atoms with Gasteiger partial charge < -0.3 is 8.83 Å². The molecule has 31 heavy (non-hydrogen) atoms. The van der Waals surface area contributed by atoms with Crippen molar-refractivity contribution in [3.63, 3.8) is 0 Å². The van der Waals surface area contributed by atoms with Gasteiger partial charge in [0.1, 0.15) is 22.4 Å². The molecule has 5 heteroatoms. The monoisotopic (exact) mass is 399 g/mol. The van der Waals surface area contributed by atoms with E-state index in [9.17, 15) is 0 Å². The third-order valence-electron chi connectivity index (χ3n) is 6.33. The van der Waals surface area contributed by atoms with Crippen LogP contribution in [0.4, 0.5) is 0 Å². The van der Waals surface area contributed by atoms with Crippen molar-refractivity contribution >= 4 is 71.2 Å². The topological polar surface area (TPSA) is 56.5 Å². The standard InChI is InChI=1S/C26H13N3O2/c1-3-7-18-15(5-1)21-20-14-9-10-27-13-17(14)26-28-11-12-29(26)23(20)25-22(24(21)30-18)16-6-2-4-8-19(16)31-25/h1-13H. The summed E-state index contributed by atoms with van der Waals surface area (Å²) in [7, 11) is 0. The molecule has 5 nitrogen and oxygen atoms in total. The molecule has 8 rings (SSSR count). The number of aromatic nitrogens is 3. The zero-order valence-corrected chi connectivity index (χ0v) is 16.2. The van der Waals surface area contributed by atoms with Crippen molar-refractivity contribution in [1.82, 2.24) is 14.4 Å². The molecule has 0 radical (unpaired) electrons. The molecule has 5 heterocycles. The molecule has 0 amide bonds. The first kappa shape index (κ1) is 15.5. The first-order valence-electron chi connectivity index (χ1n) is 10.2. The quantitative estimate of drug-likeness (QED) is 0.262. The summed E-state index contributed by atoms with van der Waals surface area (Å²) < 4.78 is 15.1. The second kappa shape index (κ2) is 5.21. The average molecular weight is 399 g/mol. The normalized spacial score (nSPS) is 12.5. The molecule has 0 saturated heterocycles. The lowest BCUT2D eigenvalue weighted by molar-refractivity contribution is 0.664. The predicted octanol–water partition coefficient (Wildman–Crippen LogP) is 6.83. The lowest BCUT2D eigenvalue weighted by Crippen LogP contribution is -1.92. The van der Waals surface area contributed by atoms with E-state index in [0.717, 1.165) is 71.2 Å². The van der Waals surface area contributed by atoms with Gasteiger partial charge in [0.2, 0.25) is 0 Å². The van der Waals surface area contributed by atoms with E-state index in [4.69, 9.17) is 8.83 Å². The zero-order valence-electron chi connectivity index (χ0n) is 16.2. The first-order chi connectivity index (χ1) is 15.4. The first-order valence-corrected chi connectivity index (χ1v) is 10.2. The van der Waals surface area contributed by atoms with E-state index in [-0.39, 0.29) is 0 Å². The van der Waals surface area contributed by atoms with Gasteiger partial charge in [-0.1, -0.05) is 36.4 Å². The van der Waals surface area contributed by atoms with Crippen molar-refractivity contribution in [2.24, 2.45) is 0 Å². The largest absolute Gasteiger partial charge is 0.455 e. The molecule has 5 aromatic heterocycles. The lowest BCUT2D eigenvalue weighted by atomic mass is 9.99. The molecule has 0 aliphatic carbocycles. The van der Waals surface area contributed by atoms with Crippen LogP contribution >= 0.6 is 0 Å². The maximum absolute atomic E-state index is 6.48. The van der Waals surface area contributed by atoms with Crippen LogP contribution < -0.4 is 0 Å². The Bertz CT molecular complexity index is 2010. The third-order valence-corrected chi connectivity index (χ3v) is 6.33. The van der Waals surface area contributed by atoms with E-state index in [2.05, 4.69) is 38.6 Å². The van der Waals surface area contributed by atoms with Crippen molar-refractivity contribution in [1.29, 1.82) is 0 Å². The van der Waals surface area contributed by atoms with E-state index >= 15 is 0 Å². The van der Waals surface area contributed by atoms with Gasteiger partial charge in [-0.25, -0.2) is 4.98 Å². The smallest absolute Gasteiger partial charge is 0.163 e. The molecule has 0 bridgehead atoms. The van der Waals surface area contributed by atoms with Crippen LogP contribution in [0.1, 0.15) is 0 Å². The summed E-state index contributed by atoms with van der Waals surface area (Å²) in [4.78, 5) is 9.02. The highest BCUT2D eigenvalue weighted by atomic mass is 16.3. The van der Waals surface area contributed by atoms with Crippen molar-refractivity contribution in [2.75, 3.05) is 0 Å². The number of nitrogens with zero attached hydrogens (tertiary/aromatic N) is 3. The highest BCUT2D eigenvalue weighted by molar-refractivity contribution is 6.37.